The minimum atomic E-state index is -0.469. The van der Waals surface area contributed by atoms with Gasteiger partial charge in [-0.3, -0.25) is 5.32 Å². The zero-order valence-corrected chi connectivity index (χ0v) is 18.6. The van der Waals surface area contributed by atoms with Gasteiger partial charge in [0.25, 0.3) is 0 Å². The fourth-order valence-corrected chi connectivity index (χ4v) is 3.99. The molecule has 3 aromatic rings. The third-order valence-corrected chi connectivity index (χ3v) is 5.64. The lowest BCUT2D eigenvalue weighted by Gasteiger charge is -2.11. The van der Waals surface area contributed by atoms with E-state index in [0.717, 1.165) is 11.1 Å². The second-order valence-electron chi connectivity index (χ2n) is 6.94. The molecule has 0 saturated heterocycles. The van der Waals surface area contributed by atoms with Crippen molar-refractivity contribution in [3.05, 3.63) is 70.1 Å². The van der Waals surface area contributed by atoms with Gasteiger partial charge in [-0.2, -0.15) is 0 Å². The van der Waals surface area contributed by atoms with Gasteiger partial charge in [-0.05, 0) is 48.2 Å². The van der Waals surface area contributed by atoms with Crippen LogP contribution in [-0.4, -0.2) is 18.6 Å². The molecular weight excluding hydrogens is 420 g/mol. The maximum absolute atomic E-state index is 12.7. The molecule has 0 unspecified atom stereocenters. The number of carbonyl (C=O) groups excluding carboxylic acids is 2. The summed E-state index contributed by atoms with van der Waals surface area (Å²) in [6, 6.07) is 14.4. The van der Waals surface area contributed by atoms with Crippen LogP contribution in [0.25, 0.3) is 11.1 Å². The molecule has 0 aliphatic carbocycles. The second-order valence-corrected chi connectivity index (χ2v) is 8.25. The summed E-state index contributed by atoms with van der Waals surface area (Å²) in [5.74, 6) is -0.0525. The molecule has 0 aliphatic rings. The Balaban J connectivity index is 1.87. The van der Waals surface area contributed by atoms with Crippen LogP contribution in [0.4, 0.5) is 15.5 Å². The Bertz CT molecular complexity index is 1030. The van der Waals surface area contributed by atoms with Crippen LogP contribution in [0.3, 0.4) is 0 Å². The number of halogens is 1. The van der Waals surface area contributed by atoms with Gasteiger partial charge < -0.3 is 10.1 Å². The molecule has 30 heavy (non-hydrogen) atoms. The first-order valence-corrected chi connectivity index (χ1v) is 10.9. The molecule has 5 nitrogen and oxygen atoms in total. The Morgan fingerprint density at radius 1 is 1.03 bits per heavy atom. The molecule has 1 aromatic heterocycles. The van der Waals surface area contributed by atoms with Crippen molar-refractivity contribution in [1.82, 2.24) is 0 Å². The van der Waals surface area contributed by atoms with E-state index in [0.29, 0.717) is 27.2 Å². The number of ether oxygens (including phenoxy) is 1. The molecule has 0 radical (unpaired) electrons. The van der Waals surface area contributed by atoms with Crippen LogP contribution in [0.5, 0.6) is 0 Å². The fraction of sp³-hybridized carbons (Fsp3) is 0.217. The number of hydrogen-bond acceptors (Lipinski definition) is 4. The predicted molar refractivity (Wildman–Crippen MR) is 124 cm³/mol. The van der Waals surface area contributed by atoms with Gasteiger partial charge in [-0.1, -0.05) is 49.7 Å². The average molecular weight is 443 g/mol. The van der Waals surface area contributed by atoms with E-state index in [1.165, 1.54) is 16.9 Å². The molecule has 1 heterocycles. The Labute approximate surface area is 185 Å². The van der Waals surface area contributed by atoms with E-state index in [1.54, 1.807) is 31.2 Å². The summed E-state index contributed by atoms with van der Waals surface area (Å²) in [6.07, 6.45) is 0. The van der Waals surface area contributed by atoms with Crippen LogP contribution in [0.1, 0.15) is 42.6 Å². The molecule has 2 aromatic carbocycles. The van der Waals surface area contributed by atoms with E-state index in [1.807, 2.05) is 29.6 Å². The molecule has 0 fully saturated rings. The van der Waals surface area contributed by atoms with E-state index < -0.39 is 12.0 Å². The van der Waals surface area contributed by atoms with Crippen LogP contribution in [0, 0.1) is 0 Å². The molecular formula is C23H23ClN2O3S. The zero-order chi connectivity index (χ0) is 21.7. The lowest BCUT2D eigenvalue weighted by molar-refractivity contribution is 0.0529. The van der Waals surface area contributed by atoms with Gasteiger partial charge in [0, 0.05) is 21.7 Å². The molecule has 2 amide bonds. The summed E-state index contributed by atoms with van der Waals surface area (Å²) in [5.41, 5.74) is 3.79. The molecule has 0 saturated carbocycles. The third kappa shape index (κ3) is 5.20. The lowest BCUT2D eigenvalue weighted by Crippen LogP contribution is -2.20. The van der Waals surface area contributed by atoms with Gasteiger partial charge in [-0.15, -0.1) is 11.3 Å². The molecule has 0 spiro atoms. The average Bonchev–Trinajstić information content (AvgIpc) is 3.13. The number of carbonyl (C=O) groups is 2. The number of anilines is 2. The number of urea groups is 1. The Morgan fingerprint density at radius 2 is 1.70 bits per heavy atom. The van der Waals surface area contributed by atoms with Crippen molar-refractivity contribution < 1.29 is 14.3 Å². The molecule has 0 aliphatic heterocycles. The predicted octanol–water partition coefficient (Wildman–Crippen LogP) is 7.01. The SMILES string of the molecule is CCOC(=O)c1c(-c2ccc(C(C)C)cc2)csc1NC(=O)Nc1ccc(Cl)cc1. The lowest BCUT2D eigenvalue weighted by atomic mass is 9.98. The quantitative estimate of drug-likeness (QED) is 0.403. The number of esters is 1. The van der Waals surface area contributed by atoms with E-state index in [2.05, 4.69) is 24.5 Å². The summed E-state index contributed by atoms with van der Waals surface area (Å²) in [5, 5.41) is 8.37. The van der Waals surface area contributed by atoms with Crippen molar-refractivity contribution in [2.24, 2.45) is 0 Å². The highest BCUT2D eigenvalue weighted by Gasteiger charge is 2.23. The Kier molecular flexibility index (Phi) is 7.13. The molecule has 0 atom stereocenters. The molecule has 2 N–H and O–H groups in total. The van der Waals surface area contributed by atoms with Gasteiger partial charge in [0.1, 0.15) is 10.6 Å². The van der Waals surface area contributed by atoms with Gasteiger partial charge in [0.05, 0.1) is 6.61 Å². The Morgan fingerprint density at radius 3 is 2.30 bits per heavy atom. The normalized spacial score (nSPS) is 10.7. The van der Waals surface area contributed by atoms with Crippen LogP contribution < -0.4 is 10.6 Å². The summed E-state index contributed by atoms with van der Waals surface area (Å²) < 4.78 is 5.25. The third-order valence-electron chi connectivity index (χ3n) is 4.49. The Hall–Kier alpha value is -2.83. The highest BCUT2D eigenvalue weighted by atomic mass is 35.5. The number of rotatable bonds is 6. The second kappa shape index (κ2) is 9.78. The molecule has 7 heteroatoms. The first-order valence-electron chi connectivity index (χ1n) is 9.61. The standard InChI is InChI=1S/C23H23ClN2O3S/c1-4-29-22(27)20-19(16-7-5-15(6-8-16)14(2)3)13-30-21(20)26-23(28)25-18-11-9-17(24)10-12-18/h5-14H,4H2,1-3H3,(H2,25,26,28). The molecule has 156 valence electrons. The molecule has 0 bridgehead atoms. The van der Waals surface area contributed by atoms with Crippen molar-refractivity contribution >= 4 is 45.6 Å². The van der Waals surface area contributed by atoms with Crippen molar-refractivity contribution in [1.29, 1.82) is 0 Å². The molecule has 3 rings (SSSR count). The maximum Gasteiger partial charge on any atom is 0.341 e. The van der Waals surface area contributed by atoms with Gasteiger partial charge in [0.2, 0.25) is 0 Å². The van der Waals surface area contributed by atoms with E-state index in [-0.39, 0.29) is 6.61 Å². The highest BCUT2D eigenvalue weighted by Crippen LogP contribution is 2.37. The monoisotopic (exact) mass is 442 g/mol. The van der Waals surface area contributed by atoms with Gasteiger partial charge in [0.15, 0.2) is 0 Å². The van der Waals surface area contributed by atoms with Crippen LogP contribution in [-0.2, 0) is 4.74 Å². The van der Waals surface area contributed by atoms with E-state index in [9.17, 15) is 9.59 Å². The minimum absolute atomic E-state index is 0.247. The fourth-order valence-electron chi connectivity index (χ4n) is 2.91. The van der Waals surface area contributed by atoms with Crippen molar-refractivity contribution in [2.45, 2.75) is 26.7 Å². The highest BCUT2D eigenvalue weighted by molar-refractivity contribution is 7.15. The maximum atomic E-state index is 12.7. The number of amides is 2. The van der Waals surface area contributed by atoms with E-state index in [4.69, 9.17) is 16.3 Å². The zero-order valence-electron chi connectivity index (χ0n) is 17.0. The number of nitrogens with one attached hydrogen (secondary N) is 2. The topological polar surface area (TPSA) is 67.4 Å². The van der Waals surface area contributed by atoms with Gasteiger partial charge >= 0.3 is 12.0 Å². The van der Waals surface area contributed by atoms with E-state index >= 15 is 0 Å². The largest absolute Gasteiger partial charge is 0.462 e. The number of hydrogen-bond donors (Lipinski definition) is 2. The van der Waals surface area contributed by atoms with Crippen LogP contribution >= 0.6 is 22.9 Å². The summed E-state index contributed by atoms with van der Waals surface area (Å²) >= 11 is 7.16. The number of benzene rings is 2. The summed E-state index contributed by atoms with van der Waals surface area (Å²) in [4.78, 5) is 25.1. The summed E-state index contributed by atoms with van der Waals surface area (Å²) in [7, 11) is 0. The first-order chi connectivity index (χ1) is 14.4. The first kappa shape index (κ1) is 21.9. The van der Waals surface area contributed by atoms with Crippen molar-refractivity contribution in [3.63, 3.8) is 0 Å². The summed E-state index contributed by atoms with van der Waals surface area (Å²) in [6.45, 7) is 6.26. The van der Waals surface area contributed by atoms with Crippen LogP contribution in [0.15, 0.2) is 53.9 Å². The van der Waals surface area contributed by atoms with Gasteiger partial charge in [-0.25, -0.2) is 9.59 Å². The van der Waals surface area contributed by atoms with Crippen LogP contribution in [0.2, 0.25) is 5.02 Å². The van der Waals surface area contributed by atoms with Crippen molar-refractivity contribution in [2.75, 3.05) is 17.2 Å². The smallest absolute Gasteiger partial charge is 0.341 e. The van der Waals surface area contributed by atoms with Crippen molar-refractivity contribution in [3.8, 4) is 11.1 Å². The number of thiophene rings is 1. The minimum Gasteiger partial charge on any atom is -0.462 e.